The van der Waals surface area contributed by atoms with Crippen LogP contribution in [0.25, 0.3) is 10.8 Å². The van der Waals surface area contributed by atoms with Crippen LogP contribution in [0, 0.1) is 23.7 Å². The second-order valence-corrected chi connectivity index (χ2v) is 13.8. The van der Waals surface area contributed by atoms with Gasteiger partial charge in [-0.3, -0.25) is 24.0 Å². The minimum Gasteiger partial charge on any atom is -0.480 e. The van der Waals surface area contributed by atoms with E-state index in [1.54, 1.807) is 27.8 Å². The maximum absolute atomic E-state index is 10.7. The predicted molar refractivity (Wildman–Crippen MR) is 205 cm³/mol. The van der Waals surface area contributed by atoms with Crippen LogP contribution in [0.2, 0.25) is 0 Å². The molecule has 0 bridgehead atoms. The van der Waals surface area contributed by atoms with Crippen LogP contribution >= 0.6 is 0 Å². The van der Waals surface area contributed by atoms with Gasteiger partial charge in [0, 0.05) is 5.69 Å². The van der Waals surface area contributed by atoms with Crippen molar-refractivity contribution in [1.82, 2.24) is 5.32 Å². The zero-order valence-electron chi connectivity index (χ0n) is 32.4. The van der Waals surface area contributed by atoms with E-state index in [0.717, 1.165) is 16.5 Å². The van der Waals surface area contributed by atoms with Crippen molar-refractivity contribution in [3.63, 3.8) is 0 Å². The van der Waals surface area contributed by atoms with Gasteiger partial charge in [-0.25, -0.2) is 0 Å². The number of aliphatic carboxylic acids is 5. The van der Waals surface area contributed by atoms with Gasteiger partial charge in [-0.05, 0) is 79.8 Å². The Bertz CT molecular complexity index is 1310. The maximum Gasteiger partial charge on any atom is 0.325 e. The normalized spacial score (nSPS) is 13.3. The molecule has 0 fully saturated rings. The van der Waals surface area contributed by atoms with Crippen LogP contribution in [0.15, 0.2) is 42.5 Å². The van der Waals surface area contributed by atoms with Gasteiger partial charge < -0.3 is 53.4 Å². The number of benzene rings is 2. The molecular weight excluding hydrogens is 674 g/mol. The Labute approximate surface area is 308 Å². The summed E-state index contributed by atoms with van der Waals surface area (Å²) in [4.78, 5) is 51.3. The molecule has 0 aliphatic heterocycles. The molecular formula is C37H65N5O10. The Morgan fingerprint density at radius 2 is 1.00 bits per heavy atom. The van der Waals surface area contributed by atoms with Crippen LogP contribution < -0.4 is 27.8 Å². The lowest BCUT2D eigenvalue weighted by molar-refractivity contribution is -0.140. The van der Waals surface area contributed by atoms with Crippen molar-refractivity contribution in [1.29, 1.82) is 0 Å². The zero-order chi connectivity index (χ0) is 41.3. The Hall–Kier alpha value is -4.31. The summed E-state index contributed by atoms with van der Waals surface area (Å²) in [6.07, 6.45) is 1.79. The average molecular weight is 740 g/mol. The van der Waals surface area contributed by atoms with Crippen LogP contribution in [0.5, 0.6) is 0 Å². The molecule has 2 aromatic rings. The number of hydrogen-bond donors (Lipinski definition) is 10. The van der Waals surface area contributed by atoms with Crippen molar-refractivity contribution in [3.8, 4) is 0 Å². The van der Waals surface area contributed by atoms with Gasteiger partial charge in [0.2, 0.25) is 0 Å². The summed E-state index contributed by atoms with van der Waals surface area (Å²) in [5, 5.41) is 50.1. The predicted octanol–water partition coefficient (Wildman–Crippen LogP) is 4.37. The third kappa shape index (κ3) is 27.4. The van der Waals surface area contributed by atoms with E-state index in [1.807, 2.05) is 84.0 Å². The number of fused-ring (bicyclic) bond motifs is 1. The SMILES string of the molecule is CC(C)C(N)C(=O)O.CC(C)CC(N)C(=O)O.CC(C)CC(N)C(=O)O.CC(Nc1ccc2ccccc2c1)C(=O)O.CNC(CC(C)C)C(=O)O. The molecule has 2 aromatic carbocycles. The number of hydrogen-bond acceptors (Lipinski definition) is 10. The molecule has 0 aliphatic carbocycles. The number of nitrogens with two attached hydrogens (primary N) is 3. The Morgan fingerprint density at radius 3 is 1.25 bits per heavy atom. The lowest BCUT2D eigenvalue weighted by Crippen LogP contribution is -2.34. The largest absolute Gasteiger partial charge is 0.480 e. The van der Waals surface area contributed by atoms with E-state index in [1.165, 1.54) is 0 Å². The van der Waals surface area contributed by atoms with Gasteiger partial charge in [0.25, 0.3) is 0 Å². The van der Waals surface area contributed by atoms with E-state index in [0.29, 0.717) is 37.0 Å². The van der Waals surface area contributed by atoms with Gasteiger partial charge in [0.15, 0.2) is 0 Å². The first-order valence-electron chi connectivity index (χ1n) is 17.2. The van der Waals surface area contributed by atoms with Crippen LogP contribution in [0.1, 0.15) is 81.6 Å². The van der Waals surface area contributed by atoms with Crippen molar-refractivity contribution in [2.24, 2.45) is 40.9 Å². The van der Waals surface area contributed by atoms with E-state index in [-0.39, 0.29) is 12.0 Å². The first kappa shape index (κ1) is 52.1. The highest BCUT2D eigenvalue weighted by molar-refractivity contribution is 5.86. The molecule has 5 unspecified atom stereocenters. The van der Waals surface area contributed by atoms with E-state index in [9.17, 15) is 24.0 Å². The fraction of sp³-hybridized carbons (Fsp3) is 0.595. The maximum atomic E-state index is 10.7. The molecule has 0 spiro atoms. The van der Waals surface area contributed by atoms with Gasteiger partial charge in [-0.2, -0.15) is 0 Å². The molecule has 5 atom stereocenters. The molecule has 2 rings (SSSR count). The van der Waals surface area contributed by atoms with E-state index >= 15 is 0 Å². The Kier molecular flexibility index (Phi) is 28.3. The number of carboxylic acid groups (broad SMARTS) is 5. The Balaban J connectivity index is -0.000000597. The molecule has 0 heterocycles. The summed E-state index contributed by atoms with van der Waals surface area (Å²) in [5.41, 5.74) is 16.4. The number of carbonyl (C=O) groups is 5. The summed E-state index contributed by atoms with van der Waals surface area (Å²) >= 11 is 0. The highest BCUT2D eigenvalue weighted by Crippen LogP contribution is 2.19. The third-order valence-corrected chi connectivity index (χ3v) is 6.95. The van der Waals surface area contributed by atoms with Crippen molar-refractivity contribution in [3.05, 3.63) is 42.5 Å². The zero-order valence-corrected chi connectivity index (χ0v) is 32.4. The average Bonchev–Trinajstić information content (AvgIpc) is 3.03. The fourth-order valence-corrected chi connectivity index (χ4v) is 3.91. The molecule has 13 N–H and O–H groups in total. The molecule has 0 aliphatic rings. The van der Waals surface area contributed by atoms with E-state index < -0.39 is 54.0 Å². The minimum atomic E-state index is -0.931. The molecule has 52 heavy (non-hydrogen) atoms. The number of anilines is 1. The highest BCUT2D eigenvalue weighted by atomic mass is 16.4. The number of rotatable bonds is 15. The first-order chi connectivity index (χ1) is 23.9. The molecule has 15 nitrogen and oxygen atoms in total. The second kappa shape index (κ2) is 28.3. The molecule has 298 valence electrons. The summed E-state index contributed by atoms with van der Waals surface area (Å²) in [6.45, 7) is 17.0. The van der Waals surface area contributed by atoms with Crippen LogP contribution in [-0.4, -0.2) is 92.6 Å². The fourth-order valence-electron chi connectivity index (χ4n) is 3.91. The summed E-state index contributed by atoms with van der Waals surface area (Å²) in [7, 11) is 1.67. The quantitative estimate of drug-likeness (QED) is 0.121. The van der Waals surface area contributed by atoms with Crippen molar-refractivity contribution >= 4 is 46.3 Å². The summed E-state index contributed by atoms with van der Waals surface area (Å²) < 4.78 is 0. The van der Waals surface area contributed by atoms with Crippen molar-refractivity contribution < 1.29 is 49.5 Å². The molecule has 0 saturated carbocycles. The van der Waals surface area contributed by atoms with Gasteiger partial charge in [-0.15, -0.1) is 0 Å². The van der Waals surface area contributed by atoms with Crippen molar-refractivity contribution in [2.75, 3.05) is 12.4 Å². The first-order valence-corrected chi connectivity index (χ1v) is 17.2. The molecule has 0 saturated heterocycles. The molecule has 0 aromatic heterocycles. The highest BCUT2D eigenvalue weighted by Gasteiger charge is 2.16. The second-order valence-electron chi connectivity index (χ2n) is 13.8. The number of nitrogens with one attached hydrogen (secondary N) is 2. The lowest BCUT2D eigenvalue weighted by atomic mass is 10.0. The van der Waals surface area contributed by atoms with Gasteiger partial charge >= 0.3 is 29.8 Å². The number of likely N-dealkylation sites (N-methyl/N-ethyl adjacent to an activating group) is 1. The molecule has 0 amide bonds. The smallest absolute Gasteiger partial charge is 0.325 e. The van der Waals surface area contributed by atoms with Crippen LogP contribution in [-0.2, 0) is 24.0 Å². The van der Waals surface area contributed by atoms with E-state index in [2.05, 4.69) is 10.6 Å². The minimum absolute atomic E-state index is 0.0208. The van der Waals surface area contributed by atoms with Gasteiger partial charge in [-0.1, -0.05) is 85.7 Å². The monoisotopic (exact) mass is 739 g/mol. The van der Waals surface area contributed by atoms with Crippen molar-refractivity contribution in [2.45, 2.75) is 112 Å². The van der Waals surface area contributed by atoms with Gasteiger partial charge in [0.1, 0.15) is 30.2 Å². The van der Waals surface area contributed by atoms with E-state index in [4.69, 9.17) is 42.7 Å². The third-order valence-electron chi connectivity index (χ3n) is 6.95. The topological polar surface area (TPSA) is 289 Å². The molecule has 0 radical (unpaired) electrons. The standard InChI is InChI=1S/C13H13NO2.C7H15NO2.2C6H13NO2.C5H11NO2/c1-9(13(15)16)14-12-7-6-10-4-2-3-5-11(10)8-12;1-5(2)4-6(8-3)7(9)10;2*1-4(2)3-5(7)6(8)9;1-3(2)4(6)5(7)8/h2-9,14H,1H3,(H,15,16);5-6,8H,4H2,1-3H3,(H,9,10);2*4-5H,3,7H2,1-2H3,(H,8,9);3-4H,6H2,1-2H3,(H,7,8). The number of carboxylic acids is 5. The Morgan fingerprint density at radius 1 is 0.577 bits per heavy atom. The lowest BCUT2D eigenvalue weighted by Gasteiger charge is -2.12. The summed E-state index contributed by atoms with van der Waals surface area (Å²) in [5.74, 6) is -3.22. The van der Waals surface area contributed by atoms with Crippen LogP contribution in [0.3, 0.4) is 0 Å². The summed E-state index contributed by atoms with van der Waals surface area (Å²) in [6, 6.07) is 10.7. The van der Waals surface area contributed by atoms with Gasteiger partial charge in [0.05, 0.1) is 0 Å². The molecule has 15 heteroatoms. The van der Waals surface area contributed by atoms with Crippen LogP contribution in [0.4, 0.5) is 5.69 Å².